The Labute approximate surface area is 157 Å². The SMILES string of the molecule is Cc1csc([C@H](C#N)C=NC[C@@H](c2ccccc2Cl)[NH+]2CCCC2)n1. The summed E-state index contributed by atoms with van der Waals surface area (Å²) in [5, 5.41) is 13.0. The third-order valence-corrected chi connectivity index (χ3v) is 5.99. The minimum Gasteiger partial charge on any atom is -0.327 e. The van der Waals surface area contributed by atoms with Crippen LogP contribution in [0.15, 0.2) is 34.6 Å². The maximum Gasteiger partial charge on any atom is 0.134 e. The largest absolute Gasteiger partial charge is 0.327 e. The van der Waals surface area contributed by atoms with E-state index in [9.17, 15) is 5.26 Å². The van der Waals surface area contributed by atoms with Crippen LogP contribution in [0.25, 0.3) is 0 Å². The van der Waals surface area contributed by atoms with Crippen molar-refractivity contribution in [3.8, 4) is 6.07 Å². The van der Waals surface area contributed by atoms with Gasteiger partial charge in [0.1, 0.15) is 17.0 Å². The standard InChI is InChI=1S/C19H21ClN4S/c1-14-13-25-19(23-14)15(10-21)11-22-12-18(24-8-4-5-9-24)16-6-2-3-7-17(16)20/h2-3,6-7,11,13,15,18H,4-5,8-9,12H2,1H3/p+1/t15-,18+/m1/s1. The molecule has 0 aliphatic carbocycles. The average molecular weight is 374 g/mol. The van der Waals surface area contributed by atoms with Crippen molar-refractivity contribution in [1.29, 1.82) is 5.26 Å². The second kappa shape index (κ2) is 8.57. The topological polar surface area (TPSA) is 53.5 Å². The number of nitrogens with zero attached hydrogens (tertiary/aromatic N) is 3. The van der Waals surface area contributed by atoms with Crippen molar-refractivity contribution in [3.63, 3.8) is 0 Å². The number of hydrogen-bond donors (Lipinski definition) is 1. The van der Waals surface area contributed by atoms with E-state index in [0.717, 1.165) is 34.4 Å². The fraction of sp³-hybridized carbons (Fsp3) is 0.421. The van der Waals surface area contributed by atoms with E-state index in [1.54, 1.807) is 6.21 Å². The first kappa shape index (κ1) is 18.1. The van der Waals surface area contributed by atoms with E-state index in [1.807, 2.05) is 30.5 Å². The number of nitriles is 1. The highest BCUT2D eigenvalue weighted by atomic mass is 35.5. The number of aryl methyl sites for hydroxylation is 1. The summed E-state index contributed by atoms with van der Waals surface area (Å²) in [4.78, 5) is 10.6. The Morgan fingerprint density at radius 2 is 2.16 bits per heavy atom. The molecule has 25 heavy (non-hydrogen) atoms. The zero-order valence-corrected chi connectivity index (χ0v) is 15.9. The summed E-state index contributed by atoms with van der Waals surface area (Å²) in [6.45, 7) is 4.88. The molecule has 4 nitrogen and oxygen atoms in total. The molecule has 1 aromatic heterocycles. The summed E-state index contributed by atoms with van der Waals surface area (Å²) in [6, 6.07) is 10.6. The quantitative estimate of drug-likeness (QED) is 0.790. The normalized spacial score (nSPS) is 17.6. The summed E-state index contributed by atoms with van der Waals surface area (Å²) in [5.74, 6) is -0.376. The molecular formula is C19H22ClN4S+. The maximum atomic E-state index is 9.43. The predicted octanol–water partition coefficient (Wildman–Crippen LogP) is 3.20. The highest BCUT2D eigenvalue weighted by molar-refractivity contribution is 7.09. The first-order valence-electron chi connectivity index (χ1n) is 8.59. The number of benzene rings is 1. The Kier molecular flexibility index (Phi) is 6.19. The molecule has 2 heterocycles. The van der Waals surface area contributed by atoms with E-state index in [1.165, 1.54) is 29.1 Å². The summed E-state index contributed by atoms with van der Waals surface area (Å²) >= 11 is 7.95. The van der Waals surface area contributed by atoms with Gasteiger partial charge >= 0.3 is 0 Å². The van der Waals surface area contributed by atoms with E-state index in [2.05, 4.69) is 22.1 Å². The molecule has 0 radical (unpaired) electrons. The molecule has 0 bridgehead atoms. The third kappa shape index (κ3) is 4.46. The van der Waals surface area contributed by atoms with Gasteiger partial charge in [0.15, 0.2) is 0 Å². The molecule has 3 rings (SSSR count). The second-order valence-corrected chi connectivity index (χ2v) is 7.68. The molecule has 6 heteroatoms. The monoisotopic (exact) mass is 373 g/mol. The van der Waals surface area contributed by atoms with Gasteiger partial charge in [0.05, 0.1) is 25.7 Å². The number of nitrogens with one attached hydrogen (secondary N) is 1. The predicted molar refractivity (Wildman–Crippen MR) is 103 cm³/mol. The zero-order chi connectivity index (χ0) is 17.6. The number of rotatable bonds is 6. The Hall–Kier alpha value is -1.74. The fourth-order valence-electron chi connectivity index (χ4n) is 3.32. The lowest BCUT2D eigenvalue weighted by Crippen LogP contribution is -3.10. The van der Waals surface area contributed by atoms with E-state index < -0.39 is 0 Å². The summed E-state index contributed by atoms with van der Waals surface area (Å²) in [5.41, 5.74) is 2.10. The number of quaternary nitrogens is 1. The lowest BCUT2D eigenvalue weighted by Gasteiger charge is -2.24. The van der Waals surface area contributed by atoms with Crippen LogP contribution in [0.4, 0.5) is 0 Å². The average Bonchev–Trinajstić information content (AvgIpc) is 3.28. The highest BCUT2D eigenvalue weighted by Crippen LogP contribution is 2.22. The number of likely N-dealkylation sites (tertiary alicyclic amines) is 1. The number of aliphatic imine (C=N–C) groups is 1. The van der Waals surface area contributed by atoms with Crippen molar-refractivity contribution in [2.75, 3.05) is 19.6 Å². The Balaban J connectivity index is 1.76. The van der Waals surface area contributed by atoms with Crippen LogP contribution in [0.1, 0.15) is 41.1 Å². The van der Waals surface area contributed by atoms with Crippen molar-refractivity contribution >= 4 is 29.2 Å². The molecule has 0 amide bonds. The van der Waals surface area contributed by atoms with Gasteiger partial charge in [0.2, 0.25) is 0 Å². The third-order valence-electron chi connectivity index (χ3n) is 4.60. The highest BCUT2D eigenvalue weighted by Gasteiger charge is 2.28. The molecule has 0 unspecified atom stereocenters. The first-order chi connectivity index (χ1) is 12.2. The van der Waals surface area contributed by atoms with Gasteiger partial charge in [-0.2, -0.15) is 5.26 Å². The number of thiazole rings is 1. The molecule has 0 saturated carbocycles. The summed E-state index contributed by atoms with van der Waals surface area (Å²) in [7, 11) is 0. The molecule has 1 N–H and O–H groups in total. The van der Waals surface area contributed by atoms with Gasteiger partial charge in [-0.1, -0.05) is 29.8 Å². The van der Waals surface area contributed by atoms with Crippen molar-refractivity contribution in [2.45, 2.75) is 31.7 Å². The van der Waals surface area contributed by atoms with Gasteiger partial charge < -0.3 is 4.90 Å². The molecule has 0 spiro atoms. The summed E-state index contributed by atoms with van der Waals surface area (Å²) < 4.78 is 0. The minimum absolute atomic E-state index is 0.241. The van der Waals surface area contributed by atoms with E-state index in [4.69, 9.17) is 11.6 Å². The molecule has 1 aliphatic heterocycles. The van der Waals surface area contributed by atoms with Crippen LogP contribution in [0.5, 0.6) is 0 Å². The van der Waals surface area contributed by atoms with Crippen LogP contribution < -0.4 is 4.90 Å². The molecule has 1 fully saturated rings. The van der Waals surface area contributed by atoms with E-state index in [0.29, 0.717) is 6.54 Å². The van der Waals surface area contributed by atoms with Crippen LogP contribution in [-0.4, -0.2) is 30.8 Å². The van der Waals surface area contributed by atoms with Gasteiger partial charge in [-0.3, -0.25) is 4.99 Å². The van der Waals surface area contributed by atoms with Gasteiger partial charge in [-0.05, 0) is 13.0 Å². The Bertz CT molecular complexity index is 774. The van der Waals surface area contributed by atoms with Gasteiger partial charge in [0, 0.05) is 40.7 Å². The molecule has 130 valence electrons. The van der Waals surface area contributed by atoms with Crippen LogP contribution in [0, 0.1) is 18.3 Å². The summed E-state index contributed by atoms with van der Waals surface area (Å²) in [6.07, 6.45) is 4.25. The van der Waals surface area contributed by atoms with Crippen LogP contribution >= 0.6 is 22.9 Å². The Morgan fingerprint density at radius 1 is 1.40 bits per heavy atom. The van der Waals surface area contributed by atoms with Gasteiger partial charge in [-0.15, -0.1) is 11.3 Å². The molecule has 1 aromatic carbocycles. The number of aromatic nitrogens is 1. The Morgan fingerprint density at radius 3 is 2.80 bits per heavy atom. The molecular weight excluding hydrogens is 352 g/mol. The fourth-order valence-corrected chi connectivity index (χ4v) is 4.39. The van der Waals surface area contributed by atoms with Gasteiger partial charge in [0.25, 0.3) is 0 Å². The number of hydrogen-bond acceptors (Lipinski definition) is 4. The van der Waals surface area contributed by atoms with Crippen molar-refractivity contribution in [3.05, 3.63) is 50.9 Å². The first-order valence-corrected chi connectivity index (χ1v) is 9.85. The molecule has 1 saturated heterocycles. The van der Waals surface area contributed by atoms with Gasteiger partial charge in [-0.25, -0.2) is 4.98 Å². The van der Waals surface area contributed by atoms with E-state index >= 15 is 0 Å². The molecule has 2 aromatic rings. The molecule has 2 atom stereocenters. The van der Waals surface area contributed by atoms with Crippen LogP contribution in [0.2, 0.25) is 5.02 Å². The van der Waals surface area contributed by atoms with E-state index in [-0.39, 0.29) is 12.0 Å². The second-order valence-electron chi connectivity index (χ2n) is 6.39. The van der Waals surface area contributed by atoms with Crippen molar-refractivity contribution in [2.24, 2.45) is 4.99 Å². The molecule has 1 aliphatic rings. The smallest absolute Gasteiger partial charge is 0.134 e. The lowest BCUT2D eigenvalue weighted by atomic mass is 10.1. The lowest BCUT2D eigenvalue weighted by molar-refractivity contribution is -0.918. The zero-order valence-electron chi connectivity index (χ0n) is 14.3. The minimum atomic E-state index is -0.376. The number of halogens is 1. The van der Waals surface area contributed by atoms with Crippen molar-refractivity contribution < 1.29 is 4.90 Å². The van der Waals surface area contributed by atoms with Crippen LogP contribution in [0.3, 0.4) is 0 Å². The van der Waals surface area contributed by atoms with Crippen LogP contribution in [-0.2, 0) is 0 Å². The van der Waals surface area contributed by atoms with Crippen molar-refractivity contribution in [1.82, 2.24) is 4.98 Å². The maximum absolute atomic E-state index is 9.43.